The highest BCUT2D eigenvalue weighted by molar-refractivity contribution is 9.08. The molecule has 1 aromatic carbocycles. The van der Waals surface area contributed by atoms with Crippen LogP contribution in [0.5, 0.6) is 5.75 Å². The summed E-state index contributed by atoms with van der Waals surface area (Å²) in [6.45, 7) is 0.204. The van der Waals surface area contributed by atoms with Gasteiger partial charge in [-0.1, -0.05) is 22.0 Å². The van der Waals surface area contributed by atoms with Gasteiger partial charge in [-0.2, -0.15) is 5.10 Å². The molecule has 1 aromatic heterocycles. The summed E-state index contributed by atoms with van der Waals surface area (Å²) in [5, 5.41) is 15.7. The van der Waals surface area contributed by atoms with E-state index in [1.165, 1.54) is 6.07 Å². The second-order valence-electron chi connectivity index (χ2n) is 3.96. The van der Waals surface area contributed by atoms with Crippen LogP contribution in [-0.2, 0) is 19.0 Å². The quantitative estimate of drug-likeness (QED) is 0.481. The summed E-state index contributed by atoms with van der Waals surface area (Å²) in [7, 11) is 1.80. The monoisotopic (exact) mass is 325 g/mol. The smallest absolute Gasteiger partial charge is 0.311 e. The molecule has 0 aliphatic heterocycles. The van der Waals surface area contributed by atoms with Crippen LogP contribution in [0.15, 0.2) is 30.5 Å². The van der Waals surface area contributed by atoms with Crippen molar-refractivity contribution in [3.63, 3.8) is 0 Å². The third kappa shape index (κ3) is 3.31. The molecular formula is C12H12BrN3O3. The molecule has 0 radical (unpaired) electrons. The van der Waals surface area contributed by atoms with E-state index in [1.807, 2.05) is 0 Å². The van der Waals surface area contributed by atoms with Gasteiger partial charge in [0.1, 0.15) is 6.61 Å². The van der Waals surface area contributed by atoms with Crippen molar-refractivity contribution in [3.8, 4) is 5.75 Å². The van der Waals surface area contributed by atoms with Gasteiger partial charge in [0.15, 0.2) is 5.75 Å². The van der Waals surface area contributed by atoms with Crippen LogP contribution in [0, 0.1) is 10.1 Å². The van der Waals surface area contributed by atoms with Crippen molar-refractivity contribution in [2.45, 2.75) is 11.9 Å². The summed E-state index contributed by atoms with van der Waals surface area (Å²) in [4.78, 5) is 10.6. The highest BCUT2D eigenvalue weighted by Gasteiger charge is 2.16. The fraction of sp³-hybridized carbons (Fsp3) is 0.250. The topological polar surface area (TPSA) is 70.2 Å². The molecular weight excluding hydrogens is 314 g/mol. The summed E-state index contributed by atoms with van der Waals surface area (Å²) < 4.78 is 7.12. The van der Waals surface area contributed by atoms with Crippen molar-refractivity contribution in [2.24, 2.45) is 7.05 Å². The number of alkyl halides is 1. The van der Waals surface area contributed by atoms with Gasteiger partial charge in [-0.25, -0.2) is 0 Å². The van der Waals surface area contributed by atoms with Gasteiger partial charge in [0.25, 0.3) is 0 Å². The molecule has 0 N–H and O–H groups in total. The molecule has 0 saturated carbocycles. The van der Waals surface area contributed by atoms with Crippen molar-refractivity contribution in [2.75, 3.05) is 0 Å². The molecule has 2 rings (SSSR count). The number of nitro benzene ring substituents is 1. The maximum Gasteiger partial charge on any atom is 0.311 e. The van der Waals surface area contributed by atoms with Crippen LogP contribution in [-0.4, -0.2) is 14.7 Å². The second-order valence-corrected chi connectivity index (χ2v) is 4.52. The number of halogens is 1. The molecule has 0 unspecified atom stereocenters. The van der Waals surface area contributed by atoms with Gasteiger partial charge in [-0.3, -0.25) is 14.8 Å². The van der Waals surface area contributed by atoms with Crippen molar-refractivity contribution in [1.82, 2.24) is 9.78 Å². The predicted octanol–water partition coefficient (Wildman–Crippen LogP) is 2.80. The first-order valence-corrected chi connectivity index (χ1v) is 6.67. The highest BCUT2D eigenvalue weighted by atomic mass is 79.9. The molecule has 0 fully saturated rings. The van der Waals surface area contributed by atoms with Gasteiger partial charge in [-0.05, 0) is 17.7 Å². The molecule has 6 nitrogen and oxygen atoms in total. The van der Waals surface area contributed by atoms with E-state index >= 15 is 0 Å². The van der Waals surface area contributed by atoms with Crippen LogP contribution in [0.25, 0.3) is 0 Å². The Morgan fingerprint density at radius 3 is 2.84 bits per heavy atom. The maximum absolute atomic E-state index is 11.0. The molecule has 7 heteroatoms. The van der Waals surface area contributed by atoms with Crippen molar-refractivity contribution >= 4 is 21.6 Å². The molecule has 0 aliphatic rings. The van der Waals surface area contributed by atoms with E-state index < -0.39 is 4.92 Å². The first kappa shape index (κ1) is 13.5. The summed E-state index contributed by atoms with van der Waals surface area (Å²) in [6, 6.07) is 6.70. The first-order valence-electron chi connectivity index (χ1n) is 5.54. The second kappa shape index (κ2) is 5.83. The van der Waals surface area contributed by atoms with Crippen LogP contribution >= 0.6 is 15.9 Å². The third-order valence-corrected chi connectivity index (χ3v) is 3.17. The average molecular weight is 326 g/mol. The SMILES string of the molecule is Cn1ccc(COc2ccc(CBr)cc2[N+](=O)[O-])n1. The third-order valence-electron chi connectivity index (χ3n) is 2.52. The van der Waals surface area contributed by atoms with Crippen LogP contribution < -0.4 is 4.74 Å². The highest BCUT2D eigenvalue weighted by Crippen LogP contribution is 2.29. The molecule has 0 spiro atoms. The van der Waals surface area contributed by atoms with Crippen LogP contribution in [0.1, 0.15) is 11.3 Å². The maximum atomic E-state index is 11.0. The zero-order chi connectivity index (χ0) is 13.8. The first-order chi connectivity index (χ1) is 9.10. The largest absolute Gasteiger partial charge is 0.480 e. The zero-order valence-electron chi connectivity index (χ0n) is 10.2. The minimum Gasteiger partial charge on any atom is -0.480 e. The Morgan fingerprint density at radius 2 is 2.26 bits per heavy atom. The molecule has 0 saturated heterocycles. The van der Waals surface area contributed by atoms with Crippen LogP contribution in [0.2, 0.25) is 0 Å². The fourth-order valence-corrected chi connectivity index (χ4v) is 1.95. The van der Waals surface area contributed by atoms with E-state index in [1.54, 1.807) is 36.1 Å². The van der Waals surface area contributed by atoms with Crippen LogP contribution in [0.4, 0.5) is 5.69 Å². The Kier molecular flexibility index (Phi) is 4.16. The number of rotatable bonds is 5. The van der Waals surface area contributed by atoms with E-state index in [4.69, 9.17) is 4.74 Å². The average Bonchev–Trinajstić information content (AvgIpc) is 2.82. The lowest BCUT2D eigenvalue weighted by molar-refractivity contribution is -0.386. The van der Waals surface area contributed by atoms with Gasteiger partial charge >= 0.3 is 5.69 Å². The molecule has 0 atom stereocenters. The fourth-order valence-electron chi connectivity index (χ4n) is 1.60. The number of aromatic nitrogens is 2. The van der Waals surface area contributed by atoms with E-state index in [2.05, 4.69) is 21.0 Å². The lowest BCUT2D eigenvalue weighted by atomic mass is 10.2. The van der Waals surface area contributed by atoms with E-state index in [0.717, 1.165) is 11.3 Å². The number of aryl methyl sites for hydroxylation is 1. The Morgan fingerprint density at radius 1 is 1.47 bits per heavy atom. The van der Waals surface area contributed by atoms with Gasteiger partial charge in [-0.15, -0.1) is 0 Å². The summed E-state index contributed by atoms with van der Waals surface area (Å²) in [5.74, 6) is 0.250. The summed E-state index contributed by atoms with van der Waals surface area (Å²) in [6.07, 6.45) is 1.79. The number of hydrogen-bond acceptors (Lipinski definition) is 4. The summed E-state index contributed by atoms with van der Waals surface area (Å²) >= 11 is 3.27. The normalized spacial score (nSPS) is 10.4. The Bertz CT molecular complexity index is 598. The van der Waals surface area contributed by atoms with E-state index in [-0.39, 0.29) is 18.0 Å². The Balaban J connectivity index is 2.17. The van der Waals surface area contributed by atoms with Crippen molar-refractivity contribution < 1.29 is 9.66 Å². The number of nitrogens with zero attached hydrogens (tertiary/aromatic N) is 3. The number of benzene rings is 1. The minimum absolute atomic E-state index is 0.0344. The minimum atomic E-state index is -0.445. The molecule has 0 bridgehead atoms. The standard InChI is InChI=1S/C12H12BrN3O3/c1-15-5-4-10(14-15)8-19-12-3-2-9(7-13)6-11(12)16(17)18/h2-6H,7-8H2,1H3. The lowest BCUT2D eigenvalue weighted by Crippen LogP contribution is -2.01. The van der Waals surface area contributed by atoms with Gasteiger partial charge in [0, 0.05) is 24.6 Å². The molecule has 2 aromatic rings. The number of hydrogen-bond donors (Lipinski definition) is 0. The Labute approximate surface area is 118 Å². The van der Waals surface area contributed by atoms with Crippen molar-refractivity contribution in [3.05, 3.63) is 51.8 Å². The van der Waals surface area contributed by atoms with E-state index in [0.29, 0.717) is 5.33 Å². The molecule has 100 valence electrons. The van der Waals surface area contributed by atoms with E-state index in [9.17, 15) is 10.1 Å². The molecule has 0 amide bonds. The van der Waals surface area contributed by atoms with Crippen molar-refractivity contribution in [1.29, 1.82) is 0 Å². The van der Waals surface area contributed by atoms with Gasteiger partial charge in [0.05, 0.1) is 10.6 Å². The molecule has 0 aliphatic carbocycles. The molecule has 19 heavy (non-hydrogen) atoms. The number of ether oxygens (including phenoxy) is 1. The van der Waals surface area contributed by atoms with Gasteiger partial charge in [0.2, 0.25) is 0 Å². The Hall–Kier alpha value is -1.89. The van der Waals surface area contributed by atoms with Crippen LogP contribution in [0.3, 0.4) is 0 Å². The summed E-state index contributed by atoms with van der Waals surface area (Å²) in [5.41, 5.74) is 1.52. The lowest BCUT2D eigenvalue weighted by Gasteiger charge is -2.06. The molecule has 1 heterocycles. The zero-order valence-corrected chi connectivity index (χ0v) is 11.8. The van der Waals surface area contributed by atoms with Gasteiger partial charge < -0.3 is 4.74 Å². The predicted molar refractivity (Wildman–Crippen MR) is 73.3 cm³/mol. The number of nitro groups is 1.